The Morgan fingerprint density at radius 3 is 2.37 bits per heavy atom. The Labute approximate surface area is 159 Å². The highest BCUT2D eigenvalue weighted by Gasteiger charge is 2.37. The summed E-state index contributed by atoms with van der Waals surface area (Å²) in [5.74, 6) is 0. The van der Waals surface area contributed by atoms with E-state index in [1.165, 1.54) is 5.56 Å². The minimum absolute atomic E-state index is 0.328. The van der Waals surface area contributed by atoms with Crippen molar-refractivity contribution in [3.8, 4) is 16.9 Å². The van der Waals surface area contributed by atoms with Gasteiger partial charge in [-0.2, -0.15) is 5.10 Å². The van der Waals surface area contributed by atoms with Crippen LogP contribution in [0.3, 0.4) is 0 Å². The normalized spacial score (nSPS) is 22.7. The first-order chi connectivity index (χ1) is 12.9. The fourth-order valence-corrected chi connectivity index (χ4v) is 3.65. The molecule has 1 aromatic carbocycles. The predicted octanol–water partition coefficient (Wildman–Crippen LogP) is 3.67. The van der Waals surface area contributed by atoms with Gasteiger partial charge >= 0.3 is 0 Å². The maximum absolute atomic E-state index is 11.2. The van der Waals surface area contributed by atoms with Crippen LogP contribution in [0.2, 0.25) is 0 Å². The predicted molar refractivity (Wildman–Crippen MR) is 105 cm³/mol. The molecule has 0 amide bonds. The summed E-state index contributed by atoms with van der Waals surface area (Å²) in [7, 11) is 0. The molecule has 0 atom stereocenters. The van der Waals surface area contributed by atoms with Gasteiger partial charge in [-0.1, -0.05) is 17.7 Å². The van der Waals surface area contributed by atoms with Crippen LogP contribution in [0.5, 0.6) is 0 Å². The van der Waals surface area contributed by atoms with Gasteiger partial charge in [-0.05, 0) is 69.9 Å². The summed E-state index contributed by atoms with van der Waals surface area (Å²) in [6.07, 6.45) is 3.74. The molecule has 1 aliphatic rings. The summed E-state index contributed by atoms with van der Waals surface area (Å²) < 4.78 is 1.88. The summed E-state index contributed by atoms with van der Waals surface area (Å²) in [5, 5.41) is 25.8. The molecule has 4 rings (SSSR count). The third-order valence-corrected chi connectivity index (χ3v) is 5.45. The molecule has 1 saturated carbocycles. The second-order valence-corrected chi connectivity index (χ2v) is 7.61. The zero-order chi connectivity index (χ0) is 19.0. The average molecular weight is 363 g/mol. The van der Waals surface area contributed by atoms with Crippen LogP contribution in [-0.2, 0) is 5.60 Å². The number of hydrogen-bond acceptors (Lipinski definition) is 4. The van der Waals surface area contributed by atoms with Crippen molar-refractivity contribution in [3.05, 3.63) is 65.6 Å². The summed E-state index contributed by atoms with van der Waals surface area (Å²) in [6.45, 7) is 4.02. The molecule has 1 aliphatic carbocycles. The van der Waals surface area contributed by atoms with Crippen LogP contribution in [0.15, 0.2) is 48.7 Å². The molecule has 0 radical (unpaired) electrons. The average Bonchev–Trinajstić information content (AvgIpc) is 3.12. The van der Waals surface area contributed by atoms with Crippen molar-refractivity contribution in [3.63, 3.8) is 0 Å². The zero-order valence-corrected chi connectivity index (χ0v) is 15.8. The number of hydrogen-bond donors (Lipinski definition) is 2. The van der Waals surface area contributed by atoms with Gasteiger partial charge < -0.3 is 10.2 Å². The Morgan fingerprint density at radius 1 is 1.04 bits per heavy atom. The van der Waals surface area contributed by atoms with Crippen molar-refractivity contribution in [1.82, 2.24) is 14.8 Å². The van der Waals surface area contributed by atoms with Crippen LogP contribution in [-0.4, -0.2) is 31.1 Å². The molecule has 5 nitrogen and oxygen atoms in total. The maximum Gasteiger partial charge on any atom is 0.109 e. The molecule has 0 bridgehead atoms. The molecule has 0 aliphatic heterocycles. The summed E-state index contributed by atoms with van der Waals surface area (Å²) >= 11 is 0. The first-order valence-electron chi connectivity index (χ1n) is 9.46. The van der Waals surface area contributed by atoms with Crippen LogP contribution < -0.4 is 0 Å². The van der Waals surface area contributed by atoms with E-state index in [-0.39, 0.29) is 6.10 Å². The lowest BCUT2D eigenvalue weighted by atomic mass is 9.81. The second-order valence-electron chi connectivity index (χ2n) is 7.61. The highest BCUT2D eigenvalue weighted by Crippen LogP contribution is 2.38. The number of nitrogens with zero attached hydrogens (tertiary/aromatic N) is 3. The summed E-state index contributed by atoms with van der Waals surface area (Å²) in [4.78, 5) is 4.42. The number of pyridine rings is 1. The number of aryl methyl sites for hydroxylation is 2. The van der Waals surface area contributed by atoms with Crippen LogP contribution in [0.1, 0.15) is 42.6 Å². The van der Waals surface area contributed by atoms with Gasteiger partial charge in [-0.3, -0.25) is 4.98 Å². The molecule has 0 spiro atoms. The van der Waals surface area contributed by atoms with E-state index in [9.17, 15) is 10.2 Å². The van der Waals surface area contributed by atoms with Crippen molar-refractivity contribution in [2.75, 3.05) is 0 Å². The number of aromatic nitrogens is 3. The van der Waals surface area contributed by atoms with Gasteiger partial charge in [0.05, 0.1) is 23.2 Å². The Hall–Kier alpha value is -2.50. The molecule has 2 aromatic heterocycles. The highest BCUT2D eigenvalue weighted by molar-refractivity contribution is 5.62. The highest BCUT2D eigenvalue weighted by atomic mass is 16.3. The SMILES string of the molecule is Cc1ccc(-n2nc(C3(O)CCC(O)CC3)cc2-c2ccc(C)nc2)cc1. The van der Waals surface area contributed by atoms with E-state index in [0.29, 0.717) is 31.4 Å². The molecular formula is C22H25N3O2. The van der Waals surface area contributed by atoms with Crippen molar-refractivity contribution in [2.45, 2.75) is 51.2 Å². The van der Waals surface area contributed by atoms with E-state index in [0.717, 1.165) is 22.6 Å². The lowest BCUT2D eigenvalue weighted by Crippen LogP contribution is -2.33. The molecule has 0 saturated heterocycles. The van der Waals surface area contributed by atoms with Crippen LogP contribution in [0, 0.1) is 13.8 Å². The van der Waals surface area contributed by atoms with E-state index in [1.54, 1.807) is 0 Å². The van der Waals surface area contributed by atoms with Gasteiger partial charge in [0.25, 0.3) is 0 Å². The van der Waals surface area contributed by atoms with Crippen molar-refractivity contribution in [1.29, 1.82) is 0 Å². The molecule has 3 aromatic rings. The maximum atomic E-state index is 11.2. The first-order valence-corrected chi connectivity index (χ1v) is 9.46. The minimum atomic E-state index is -0.998. The molecule has 2 N–H and O–H groups in total. The van der Waals surface area contributed by atoms with Crippen molar-refractivity contribution < 1.29 is 10.2 Å². The largest absolute Gasteiger partial charge is 0.393 e. The lowest BCUT2D eigenvalue weighted by molar-refractivity contribution is -0.0393. The third-order valence-electron chi connectivity index (χ3n) is 5.45. The molecule has 1 fully saturated rings. The van der Waals surface area contributed by atoms with Crippen LogP contribution in [0.4, 0.5) is 0 Å². The van der Waals surface area contributed by atoms with Gasteiger partial charge in [-0.25, -0.2) is 4.68 Å². The molecular weight excluding hydrogens is 338 g/mol. The van der Waals surface area contributed by atoms with E-state index in [1.807, 2.05) is 48.1 Å². The summed E-state index contributed by atoms with van der Waals surface area (Å²) in [5.41, 5.74) is 4.61. The Morgan fingerprint density at radius 2 is 1.74 bits per heavy atom. The van der Waals surface area contributed by atoms with Crippen LogP contribution >= 0.6 is 0 Å². The lowest BCUT2D eigenvalue weighted by Gasteiger charge is -2.32. The van der Waals surface area contributed by atoms with E-state index in [4.69, 9.17) is 5.10 Å². The second kappa shape index (κ2) is 6.91. The number of benzene rings is 1. The molecule has 5 heteroatoms. The van der Waals surface area contributed by atoms with Crippen molar-refractivity contribution in [2.24, 2.45) is 0 Å². The van der Waals surface area contributed by atoms with Crippen molar-refractivity contribution >= 4 is 0 Å². The van der Waals surface area contributed by atoms with Gasteiger partial charge in [0.15, 0.2) is 0 Å². The molecule has 140 valence electrons. The fourth-order valence-electron chi connectivity index (χ4n) is 3.65. The molecule has 0 unspecified atom stereocenters. The number of aliphatic hydroxyl groups is 2. The van der Waals surface area contributed by atoms with Gasteiger partial charge in [-0.15, -0.1) is 0 Å². The third kappa shape index (κ3) is 3.53. The van der Waals surface area contributed by atoms with E-state index >= 15 is 0 Å². The zero-order valence-electron chi connectivity index (χ0n) is 15.8. The van der Waals surface area contributed by atoms with Gasteiger partial charge in [0, 0.05) is 17.5 Å². The minimum Gasteiger partial charge on any atom is -0.393 e. The Balaban J connectivity index is 1.82. The molecule has 27 heavy (non-hydrogen) atoms. The van der Waals surface area contributed by atoms with E-state index < -0.39 is 5.60 Å². The Bertz CT molecular complexity index is 858. The number of rotatable bonds is 3. The number of aliphatic hydroxyl groups excluding tert-OH is 1. The fraction of sp³-hybridized carbons (Fsp3) is 0.364. The Kier molecular flexibility index (Phi) is 4.58. The smallest absolute Gasteiger partial charge is 0.109 e. The quantitative estimate of drug-likeness (QED) is 0.745. The first kappa shape index (κ1) is 17.9. The topological polar surface area (TPSA) is 71.2 Å². The van der Waals surface area contributed by atoms with Crippen LogP contribution in [0.25, 0.3) is 16.9 Å². The van der Waals surface area contributed by atoms with Gasteiger partial charge in [0.1, 0.15) is 5.60 Å². The van der Waals surface area contributed by atoms with Gasteiger partial charge in [0.2, 0.25) is 0 Å². The molecule has 2 heterocycles. The van der Waals surface area contributed by atoms with E-state index in [2.05, 4.69) is 24.0 Å². The standard InChI is InChI=1S/C22H25N3O2/c1-15-3-7-18(8-4-15)25-20(17-6-5-16(2)23-14-17)13-21(24-25)22(27)11-9-19(26)10-12-22/h3-8,13-14,19,26-27H,9-12H2,1-2H3. The monoisotopic (exact) mass is 363 g/mol. The summed E-state index contributed by atoms with van der Waals surface area (Å²) in [6, 6.07) is 14.1.